The lowest BCUT2D eigenvalue weighted by atomic mass is 10.4. The van der Waals surface area contributed by atoms with Crippen molar-refractivity contribution in [3.05, 3.63) is 28.6 Å². The van der Waals surface area contributed by atoms with Gasteiger partial charge >= 0.3 is 0 Å². The molecule has 0 unspecified atom stereocenters. The van der Waals surface area contributed by atoms with Gasteiger partial charge in [-0.15, -0.1) is 0 Å². The Bertz CT molecular complexity index is 466. The highest BCUT2D eigenvalue weighted by molar-refractivity contribution is 9.10. The molecule has 2 heterocycles. The van der Waals surface area contributed by atoms with Gasteiger partial charge in [0.15, 0.2) is 5.88 Å². The average molecular weight is 256 g/mol. The molecule has 0 aliphatic carbocycles. The van der Waals surface area contributed by atoms with Crippen LogP contribution in [0.25, 0.3) is 5.52 Å². The van der Waals surface area contributed by atoms with Crippen molar-refractivity contribution in [3.8, 4) is 5.88 Å². The molecule has 3 N–H and O–H groups in total. The largest absolute Gasteiger partial charge is 0.494 e. The Balaban J connectivity index is 2.72. The van der Waals surface area contributed by atoms with E-state index in [1.807, 2.05) is 6.07 Å². The second-order valence-corrected chi connectivity index (χ2v) is 3.71. The van der Waals surface area contributed by atoms with Crippen LogP contribution in [0.15, 0.2) is 22.8 Å². The van der Waals surface area contributed by atoms with Crippen LogP contribution in [0, 0.1) is 0 Å². The fraction of sp³-hybridized carbons (Fsp3) is 0.222. The quantitative estimate of drug-likeness (QED) is 0.851. The minimum atomic E-state index is 0.184. The SMILES string of the molecule is NCCc1nc(Br)c2cccc(O)n12. The third kappa shape index (κ3) is 1.38. The summed E-state index contributed by atoms with van der Waals surface area (Å²) in [6.45, 7) is 0.514. The van der Waals surface area contributed by atoms with Crippen LogP contribution in [-0.2, 0) is 6.42 Å². The molecule has 5 heteroatoms. The number of nitrogens with zero attached hydrogens (tertiary/aromatic N) is 2. The summed E-state index contributed by atoms with van der Waals surface area (Å²) in [7, 11) is 0. The maximum atomic E-state index is 9.65. The van der Waals surface area contributed by atoms with Gasteiger partial charge in [0.25, 0.3) is 0 Å². The first-order valence-corrected chi connectivity index (χ1v) is 5.08. The molecule has 0 aliphatic heterocycles. The Morgan fingerprint density at radius 2 is 2.29 bits per heavy atom. The van der Waals surface area contributed by atoms with Gasteiger partial charge in [0.1, 0.15) is 10.4 Å². The molecule has 0 saturated carbocycles. The number of aromatic hydroxyl groups is 1. The summed E-state index contributed by atoms with van der Waals surface area (Å²) >= 11 is 3.34. The molecule has 2 aromatic rings. The van der Waals surface area contributed by atoms with Crippen molar-refractivity contribution in [3.63, 3.8) is 0 Å². The second-order valence-electron chi connectivity index (χ2n) is 2.96. The molecule has 0 radical (unpaired) electrons. The van der Waals surface area contributed by atoms with Gasteiger partial charge in [-0.25, -0.2) is 4.98 Å². The van der Waals surface area contributed by atoms with Gasteiger partial charge in [-0.3, -0.25) is 4.40 Å². The molecule has 0 fully saturated rings. The highest BCUT2D eigenvalue weighted by Crippen LogP contribution is 2.23. The minimum Gasteiger partial charge on any atom is -0.494 e. The van der Waals surface area contributed by atoms with E-state index in [-0.39, 0.29) is 5.88 Å². The van der Waals surface area contributed by atoms with Crippen LogP contribution in [0.3, 0.4) is 0 Å². The first-order valence-electron chi connectivity index (χ1n) is 4.29. The molecule has 14 heavy (non-hydrogen) atoms. The number of pyridine rings is 1. The van der Waals surface area contributed by atoms with Gasteiger partial charge in [-0.2, -0.15) is 0 Å². The first-order chi connectivity index (χ1) is 6.74. The molecule has 74 valence electrons. The van der Waals surface area contributed by atoms with Crippen LogP contribution in [0.2, 0.25) is 0 Å². The van der Waals surface area contributed by atoms with Crippen LogP contribution in [-0.4, -0.2) is 21.0 Å². The fourth-order valence-corrected chi connectivity index (χ4v) is 1.96. The Morgan fingerprint density at radius 1 is 1.50 bits per heavy atom. The fourth-order valence-electron chi connectivity index (χ4n) is 1.45. The monoisotopic (exact) mass is 255 g/mol. The maximum Gasteiger partial charge on any atom is 0.197 e. The summed E-state index contributed by atoms with van der Waals surface area (Å²) in [4.78, 5) is 4.28. The van der Waals surface area contributed by atoms with Gasteiger partial charge in [-0.1, -0.05) is 6.07 Å². The van der Waals surface area contributed by atoms with Gasteiger partial charge in [0.2, 0.25) is 0 Å². The highest BCUT2D eigenvalue weighted by Gasteiger charge is 2.10. The van der Waals surface area contributed by atoms with E-state index in [0.717, 1.165) is 15.9 Å². The zero-order valence-electron chi connectivity index (χ0n) is 7.44. The van der Waals surface area contributed by atoms with Crippen molar-refractivity contribution in [1.82, 2.24) is 9.38 Å². The Labute approximate surface area is 89.5 Å². The highest BCUT2D eigenvalue weighted by atomic mass is 79.9. The van der Waals surface area contributed by atoms with E-state index in [1.165, 1.54) is 0 Å². The molecule has 0 saturated heterocycles. The standard InChI is InChI=1S/C9H10BrN3O/c10-9-6-2-1-3-8(14)13(6)7(12-9)4-5-11/h1-3,14H,4-5,11H2. The van der Waals surface area contributed by atoms with Crippen molar-refractivity contribution in [2.45, 2.75) is 6.42 Å². The number of hydrogen-bond donors (Lipinski definition) is 2. The molecule has 0 amide bonds. The lowest BCUT2D eigenvalue weighted by molar-refractivity contribution is 0.443. The normalized spacial score (nSPS) is 11.0. The van der Waals surface area contributed by atoms with Crippen LogP contribution in [0.1, 0.15) is 5.82 Å². The lowest BCUT2D eigenvalue weighted by Gasteiger charge is -2.01. The van der Waals surface area contributed by atoms with Gasteiger partial charge in [0.05, 0.1) is 5.52 Å². The zero-order chi connectivity index (χ0) is 10.1. The summed E-state index contributed by atoms with van der Waals surface area (Å²) in [6, 6.07) is 5.29. The van der Waals surface area contributed by atoms with Crippen LogP contribution >= 0.6 is 15.9 Å². The van der Waals surface area contributed by atoms with Crippen LogP contribution in [0.5, 0.6) is 5.88 Å². The first kappa shape index (κ1) is 9.48. The molecule has 0 bridgehead atoms. The molecule has 0 aliphatic rings. The summed E-state index contributed by atoms with van der Waals surface area (Å²) in [5, 5.41) is 9.65. The summed E-state index contributed by atoms with van der Waals surface area (Å²) in [6.07, 6.45) is 0.643. The Morgan fingerprint density at radius 3 is 3.00 bits per heavy atom. The van der Waals surface area contributed by atoms with Crippen molar-refractivity contribution in [2.75, 3.05) is 6.54 Å². The van der Waals surface area contributed by atoms with Crippen molar-refractivity contribution in [1.29, 1.82) is 0 Å². The number of fused-ring (bicyclic) bond motifs is 1. The van der Waals surface area contributed by atoms with Crippen molar-refractivity contribution in [2.24, 2.45) is 5.73 Å². The van der Waals surface area contributed by atoms with Crippen molar-refractivity contribution >= 4 is 21.4 Å². The third-order valence-electron chi connectivity index (χ3n) is 2.03. The van der Waals surface area contributed by atoms with Crippen molar-refractivity contribution < 1.29 is 5.11 Å². The predicted molar refractivity (Wildman–Crippen MR) is 57.3 cm³/mol. The Kier molecular flexibility index (Phi) is 2.43. The van der Waals surface area contributed by atoms with E-state index >= 15 is 0 Å². The summed E-state index contributed by atoms with van der Waals surface area (Å²) in [5.74, 6) is 0.955. The lowest BCUT2D eigenvalue weighted by Crippen LogP contribution is -2.06. The number of nitrogens with two attached hydrogens (primary N) is 1. The van der Waals surface area contributed by atoms with E-state index in [4.69, 9.17) is 5.73 Å². The molecule has 4 nitrogen and oxygen atoms in total. The molecular weight excluding hydrogens is 246 g/mol. The summed E-state index contributed by atoms with van der Waals surface area (Å²) in [5.41, 5.74) is 6.32. The number of rotatable bonds is 2. The van der Waals surface area contributed by atoms with Crippen LogP contribution in [0.4, 0.5) is 0 Å². The summed E-state index contributed by atoms with van der Waals surface area (Å²) < 4.78 is 2.42. The second kappa shape index (κ2) is 3.59. The van der Waals surface area contributed by atoms with E-state index in [1.54, 1.807) is 16.5 Å². The predicted octanol–water partition coefficient (Wildman–Crippen LogP) is 1.30. The average Bonchev–Trinajstić information content (AvgIpc) is 2.46. The Hall–Kier alpha value is -1.07. The maximum absolute atomic E-state index is 9.65. The van der Waals surface area contributed by atoms with E-state index in [9.17, 15) is 5.11 Å². The van der Waals surface area contributed by atoms with Gasteiger partial charge < -0.3 is 10.8 Å². The topological polar surface area (TPSA) is 63.5 Å². The van der Waals surface area contributed by atoms with E-state index in [0.29, 0.717) is 13.0 Å². The molecule has 0 atom stereocenters. The van der Waals surface area contributed by atoms with Gasteiger partial charge in [0, 0.05) is 6.42 Å². The molecule has 2 aromatic heterocycles. The van der Waals surface area contributed by atoms with E-state index < -0.39 is 0 Å². The van der Waals surface area contributed by atoms with E-state index in [2.05, 4.69) is 20.9 Å². The van der Waals surface area contributed by atoms with Crippen LogP contribution < -0.4 is 5.73 Å². The number of imidazole rings is 1. The smallest absolute Gasteiger partial charge is 0.197 e. The van der Waals surface area contributed by atoms with Gasteiger partial charge in [-0.05, 0) is 34.6 Å². The molecule has 2 rings (SSSR count). The molecule has 0 spiro atoms. The number of aromatic nitrogens is 2. The number of hydrogen-bond acceptors (Lipinski definition) is 3. The molecule has 0 aromatic carbocycles. The number of halogens is 1. The zero-order valence-corrected chi connectivity index (χ0v) is 9.03. The molecular formula is C9H10BrN3O. The third-order valence-corrected chi connectivity index (χ3v) is 2.62. The minimum absolute atomic E-state index is 0.184.